The molecule has 4 aromatic carbocycles. The van der Waals surface area contributed by atoms with Crippen LogP contribution >= 0.6 is 0 Å². The molecule has 0 spiro atoms. The van der Waals surface area contributed by atoms with E-state index in [0.29, 0.717) is 6.04 Å². The number of benzene rings is 4. The number of hydrogen-bond acceptors (Lipinski definition) is 1. The van der Waals surface area contributed by atoms with Crippen molar-refractivity contribution < 1.29 is 0 Å². The van der Waals surface area contributed by atoms with Gasteiger partial charge in [0.2, 0.25) is 0 Å². The molecule has 0 radical (unpaired) electrons. The summed E-state index contributed by atoms with van der Waals surface area (Å²) in [5.41, 5.74) is 5.03. The highest BCUT2D eigenvalue weighted by Gasteiger charge is 2.20. The fourth-order valence-electron chi connectivity index (χ4n) is 3.68. The van der Waals surface area contributed by atoms with Crippen LogP contribution in [0.5, 0.6) is 0 Å². The molecule has 0 aliphatic carbocycles. The first-order valence-electron chi connectivity index (χ1n) is 9.70. The Hall–Kier alpha value is -3.06. The Kier molecular flexibility index (Phi) is 4.93. The summed E-state index contributed by atoms with van der Waals surface area (Å²) >= 11 is 0. The maximum atomic E-state index is 2.48. The van der Waals surface area contributed by atoms with Crippen LogP contribution in [0.1, 0.15) is 20.3 Å². The van der Waals surface area contributed by atoms with Gasteiger partial charge in [0.05, 0.1) is 0 Å². The molecule has 0 N–H and O–H groups in total. The molecule has 0 heterocycles. The van der Waals surface area contributed by atoms with Gasteiger partial charge in [-0.1, -0.05) is 79.7 Å². The standard InChI is InChI=1S/C26H25N/c1-3-20(2)27(24-16-8-5-9-17-24)26-19-23-15-11-10-14-22(23)18-25(26)21-12-6-4-7-13-21/h4-20H,3H2,1-2H3. The summed E-state index contributed by atoms with van der Waals surface area (Å²) in [6.45, 7) is 4.56. The van der Waals surface area contributed by atoms with E-state index in [9.17, 15) is 0 Å². The third-order valence-corrected chi connectivity index (χ3v) is 5.27. The second kappa shape index (κ2) is 7.67. The highest BCUT2D eigenvalue weighted by Crippen LogP contribution is 2.39. The van der Waals surface area contributed by atoms with Gasteiger partial charge in [-0.05, 0) is 53.9 Å². The number of rotatable bonds is 5. The minimum atomic E-state index is 0.399. The van der Waals surface area contributed by atoms with Crippen LogP contribution in [0.2, 0.25) is 0 Å². The number of para-hydroxylation sites is 1. The molecule has 27 heavy (non-hydrogen) atoms. The van der Waals surface area contributed by atoms with Crippen molar-refractivity contribution in [1.82, 2.24) is 0 Å². The highest BCUT2D eigenvalue weighted by atomic mass is 15.2. The third kappa shape index (κ3) is 3.46. The van der Waals surface area contributed by atoms with E-state index in [2.05, 4.69) is 116 Å². The lowest BCUT2D eigenvalue weighted by Gasteiger charge is -2.33. The molecular weight excluding hydrogens is 326 g/mol. The fraction of sp³-hybridized carbons (Fsp3) is 0.154. The van der Waals surface area contributed by atoms with Gasteiger partial charge in [-0.2, -0.15) is 0 Å². The lowest BCUT2D eigenvalue weighted by molar-refractivity contribution is 0.689. The van der Waals surface area contributed by atoms with Gasteiger partial charge < -0.3 is 4.90 Å². The molecular formula is C26H25N. The van der Waals surface area contributed by atoms with E-state index in [-0.39, 0.29) is 0 Å². The van der Waals surface area contributed by atoms with Crippen LogP contribution in [0, 0.1) is 0 Å². The van der Waals surface area contributed by atoms with Crippen LogP contribution < -0.4 is 4.90 Å². The third-order valence-electron chi connectivity index (χ3n) is 5.27. The summed E-state index contributed by atoms with van der Waals surface area (Å²) in [6, 6.07) is 35.1. The zero-order valence-electron chi connectivity index (χ0n) is 16.0. The first-order valence-corrected chi connectivity index (χ1v) is 9.70. The van der Waals surface area contributed by atoms with Gasteiger partial charge in [-0.3, -0.25) is 0 Å². The van der Waals surface area contributed by atoms with Gasteiger partial charge in [-0.25, -0.2) is 0 Å². The summed E-state index contributed by atoms with van der Waals surface area (Å²) in [4.78, 5) is 2.48. The molecule has 0 saturated carbocycles. The van der Waals surface area contributed by atoms with Crippen LogP contribution in [0.25, 0.3) is 21.9 Å². The Morgan fingerprint density at radius 1 is 0.704 bits per heavy atom. The van der Waals surface area contributed by atoms with E-state index in [1.54, 1.807) is 0 Å². The van der Waals surface area contributed by atoms with E-state index >= 15 is 0 Å². The number of fused-ring (bicyclic) bond motifs is 1. The molecule has 0 saturated heterocycles. The number of anilines is 2. The van der Waals surface area contributed by atoms with Crippen molar-refractivity contribution in [1.29, 1.82) is 0 Å². The van der Waals surface area contributed by atoms with Crippen LogP contribution in [0.15, 0.2) is 97.1 Å². The Balaban J connectivity index is 2.00. The molecule has 0 aliphatic rings. The average Bonchev–Trinajstić information content (AvgIpc) is 2.74. The molecule has 1 heteroatoms. The maximum Gasteiger partial charge on any atom is 0.0499 e. The average molecular weight is 351 g/mol. The summed E-state index contributed by atoms with van der Waals surface area (Å²) < 4.78 is 0. The predicted molar refractivity (Wildman–Crippen MR) is 118 cm³/mol. The Morgan fingerprint density at radius 2 is 1.26 bits per heavy atom. The Bertz CT molecular complexity index is 1020. The van der Waals surface area contributed by atoms with Crippen molar-refractivity contribution in [2.24, 2.45) is 0 Å². The fourth-order valence-corrected chi connectivity index (χ4v) is 3.68. The topological polar surface area (TPSA) is 3.24 Å². The van der Waals surface area contributed by atoms with Gasteiger partial charge in [0.15, 0.2) is 0 Å². The van der Waals surface area contributed by atoms with Crippen molar-refractivity contribution in [2.45, 2.75) is 26.3 Å². The molecule has 0 fully saturated rings. The van der Waals surface area contributed by atoms with Gasteiger partial charge in [-0.15, -0.1) is 0 Å². The molecule has 0 aliphatic heterocycles. The molecule has 1 unspecified atom stereocenters. The van der Waals surface area contributed by atoms with E-state index < -0.39 is 0 Å². The molecule has 0 amide bonds. The lowest BCUT2D eigenvalue weighted by Crippen LogP contribution is -2.28. The molecule has 1 nitrogen and oxygen atoms in total. The summed E-state index contributed by atoms with van der Waals surface area (Å²) in [5, 5.41) is 2.55. The maximum absolute atomic E-state index is 2.48. The van der Waals surface area contributed by atoms with Crippen molar-refractivity contribution in [3.05, 3.63) is 97.1 Å². The first kappa shape index (κ1) is 17.4. The van der Waals surface area contributed by atoms with Crippen LogP contribution in [0.3, 0.4) is 0 Å². The predicted octanol–water partition coefficient (Wildman–Crippen LogP) is 7.44. The molecule has 0 bridgehead atoms. The quantitative estimate of drug-likeness (QED) is 0.361. The van der Waals surface area contributed by atoms with Gasteiger partial charge in [0, 0.05) is 23.0 Å². The Morgan fingerprint density at radius 3 is 1.89 bits per heavy atom. The molecule has 0 aromatic heterocycles. The minimum absolute atomic E-state index is 0.399. The largest absolute Gasteiger partial charge is 0.338 e. The summed E-state index contributed by atoms with van der Waals surface area (Å²) in [5.74, 6) is 0. The zero-order chi connectivity index (χ0) is 18.6. The number of hydrogen-bond donors (Lipinski definition) is 0. The van der Waals surface area contributed by atoms with E-state index in [1.807, 2.05) is 0 Å². The van der Waals surface area contributed by atoms with Crippen molar-refractivity contribution in [3.8, 4) is 11.1 Å². The smallest absolute Gasteiger partial charge is 0.0499 e. The second-order valence-corrected chi connectivity index (χ2v) is 7.05. The van der Waals surface area contributed by atoms with Crippen LogP contribution in [-0.2, 0) is 0 Å². The first-order chi connectivity index (χ1) is 13.3. The van der Waals surface area contributed by atoms with Gasteiger partial charge in [0.1, 0.15) is 0 Å². The van der Waals surface area contributed by atoms with Crippen LogP contribution in [0.4, 0.5) is 11.4 Å². The van der Waals surface area contributed by atoms with E-state index in [4.69, 9.17) is 0 Å². The second-order valence-electron chi connectivity index (χ2n) is 7.05. The van der Waals surface area contributed by atoms with E-state index in [1.165, 1.54) is 33.3 Å². The van der Waals surface area contributed by atoms with E-state index in [0.717, 1.165) is 6.42 Å². The molecule has 134 valence electrons. The van der Waals surface area contributed by atoms with Crippen molar-refractivity contribution >= 4 is 22.1 Å². The number of nitrogens with zero attached hydrogens (tertiary/aromatic N) is 1. The van der Waals surface area contributed by atoms with Crippen molar-refractivity contribution in [2.75, 3.05) is 4.90 Å². The normalized spacial score (nSPS) is 12.1. The Labute approximate surface area is 161 Å². The van der Waals surface area contributed by atoms with Crippen molar-refractivity contribution in [3.63, 3.8) is 0 Å². The SMILES string of the molecule is CCC(C)N(c1ccccc1)c1cc2ccccc2cc1-c1ccccc1. The van der Waals surface area contributed by atoms with Gasteiger partial charge in [0.25, 0.3) is 0 Å². The lowest BCUT2D eigenvalue weighted by atomic mass is 9.97. The molecule has 1 atom stereocenters. The minimum Gasteiger partial charge on any atom is -0.338 e. The summed E-state index contributed by atoms with van der Waals surface area (Å²) in [6.07, 6.45) is 1.08. The highest BCUT2D eigenvalue weighted by molar-refractivity contribution is 5.96. The molecule has 4 aromatic rings. The summed E-state index contributed by atoms with van der Waals surface area (Å²) in [7, 11) is 0. The monoisotopic (exact) mass is 351 g/mol. The van der Waals surface area contributed by atoms with Gasteiger partial charge >= 0.3 is 0 Å². The molecule has 4 rings (SSSR count). The zero-order valence-corrected chi connectivity index (χ0v) is 16.0. The van der Waals surface area contributed by atoms with Crippen LogP contribution in [-0.4, -0.2) is 6.04 Å².